The quantitative estimate of drug-likeness (QED) is 0.902. The van der Waals surface area contributed by atoms with E-state index >= 15 is 0 Å². The van der Waals surface area contributed by atoms with E-state index in [9.17, 15) is 9.59 Å². The Morgan fingerprint density at radius 2 is 1.96 bits per heavy atom. The molecule has 0 spiro atoms. The van der Waals surface area contributed by atoms with Crippen molar-refractivity contribution in [2.45, 2.75) is 45.2 Å². The highest BCUT2D eigenvalue weighted by atomic mass is 32.1. The molecule has 25 heavy (non-hydrogen) atoms. The molecule has 2 atom stereocenters. The number of carbonyl (C=O) groups excluding carboxylic acids is 2. The number of benzene rings is 1. The SMILES string of the molecule is Cc1ccc(C(C)NC(=O)C2CCCCN2C(=O)c2cccs2)cc1. The zero-order chi connectivity index (χ0) is 17.8. The van der Waals surface area contributed by atoms with Gasteiger partial charge in [0.15, 0.2) is 0 Å². The molecule has 2 amide bonds. The first-order valence-electron chi connectivity index (χ1n) is 8.77. The van der Waals surface area contributed by atoms with Gasteiger partial charge in [0.1, 0.15) is 6.04 Å². The number of amides is 2. The first-order valence-corrected chi connectivity index (χ1v) is 9.65. The van der Waals surface area contributed by atoms with Crippen LogP contribution in [0.4, 0.5) is 0 Å². The zero-order valence-corrected chi connectivity index (χ0v) is 15.5. The minimum atomic E-state index is -0.378. The summed E-state index contributed by atoms with van der Waals surface area (Å²) in [4.78, 5) is 28.0. The first kappa shape index (κ1) is 17.7. The Labute approximate surface area is 152 Å². The van der Waals surface area contributed by atoms with E-state index in [1.165, 1.54) is 16.9 Å². The highest BCUT2D eigenvalue weighted by molar-refractivity contribution is 7.12. The molecule has 2 unspecified atom stereocenters. The molecule has 0 aliphatic carbocycles. The van der Waals surface area contributed by atoms with E-state index in [0.29, 0.717) is 11.4 Å². The number of nitrogens with zero attached hydrogens (tertiary/aromatic N) is 1. The van der Waals surface area contributed by atoms with Gasteiger partial charge < -0.3 is 10.2 Å². The van der Waals surface area contributed by atoms with Gasteiger partial charge in [-0.05, 0) is 50.1 Å². The maximum Gasteiger partial charge on any atom is 0.264 e. The first-order chi connectivity index (χ1) is 12.1. The smallest absolute Gasteiger partial charge is 0.264 e. The van der Waals surface area contributed by atoms with Gasteiger partial charge in [0.25, 0.3) is 5.91 Å². The number of aryl methyl sites for hydroxylation is 1. The topological polar surface area (TPSA) is 49.4 Å². The Hall–Kier alpha value is -2.14. The van der Waals surface area contributed by atoms with E-state index in [1.807, 2.05) is 55.6 Å². The summed E-state index contributed by atoms with van der Waals surface area (Å²) < 4.78 is 0. The van der Waals surface area contributed by atoms with Crippen molar-refractivity contribution in [2.24, 2.45) is 0 Å². The Morgan fingerprint density at radius 3 is 2.64 bits per heavy atom. The maximum absolute atomic E-state index is 12.8. The van der Waals surface area contributed by atoms with Gasteiger partial charge in [0.05, 0.1) is 10.9 Å². The highest BCUT2D eigenvalue weighted by Crippen LogP contribution is 2.23. The van der Waals surface area contributed by atoms with Gasteiger partial charge in [0.2, 0.25) is 5.91 Å². The van der Waals surface area contributed by atoms with Crippen LogP contribution in [-0.2, 0) is 4.79 Å². The average molecular weight is 356 g/mol. The van der Waals surface area contributed by atoms with Gasteiger partial charge in [-0.2, -0.15) is 0 Å². The minimum Gasteiger partial charge on any atom is -0.348 e. The predicted octanol–water partition coefficient (Wildman–Crippen LogP) is 3.93. The summed E-state index contributed by atoms with van der Waals surface area (Å²) in [5.41, 5.74) is 2.27. The van der Waals surface area contributed by atoms with Crippen molar-refractivity contribution in [3.63, 3.8) is 0 Å². The van der Waals surface area contributed by atoms with Crippen LogP contribution in [0.25, 0.3) is 0 Å². The summed E-state index contributed by atoms with van der Waals surface area (Å²) in [5.74, 6) is -0.0875. The van der Waals surface area contributed by atoms with Gasteiger partial charge in [-0.1, -0.05) is 35.9 Å². The minimum absolute atomic E-state index is 0.0298. The normalized spacial score (nSPS) is 18.6. The molecule has 3 rings (SSSR count). The fourth-order valence-corrected chi connectivity index (χ4v) is 3.92. The molecule has 1 aromatic carbocycles. The molecule has 2 heterocycles. The monoisotopic (exact) mass is 356 g/mol. The average Bonchev–Trinajstić information content (AvgIpc) is 3.16. The number of nitrogens with one attached hydrogen (secondary N) is 1. The third kappa shape index (κ3) is 4.10. The van der Waals surface area contributed by atoms with Crippen LogP contribution in [0.3, 0.4) is 0 Å². The molecule has 1 aliphatic rings. The molecular weight excluding hydrogens is 332 g/mol. The van der Waals surface area contributed by atoms with Gasteiger partial charge >= 0.3 is 0 Å². The molecule has 132 valence electrons. The van der Waals surface area contributed by atoms with Crippen molar-refractivity contribution in [2.75, 3.05) is 6.54 Å². The second kappa shape index (κ2) is 7.83. The number of carbonyl (C=O) groups is 2. The second-order valence-electron chi connectivity index (χ2n) is 6.63. The summed E-state index contributed by atoms with van der Waals surface area (Å²) in [6.07, 6.45) is 2.66. The molecule has 5 heteroatoms. The Kier molecular flexibility index (Phi) is 5.53. The van der Waals surface area contributed by atoms with Gasteiger partial charge in [-0.15, -0.1) is 11.3 Å². The lowest BCUT2D eigenvalue weighted by Gasteiger charge is -2.35. The molecule has 0 saturated carbocycles. The molecule has 1 aliphatic heterocycles. The van der Waals surface area contributed by atoms with Crippen LogP contribution >= 0.6 is 11.3 Å². The third-order valence-corrected chi connectivity index (χ3v) is 5.59. The Balaban J connectivity index is 1.70. The number of rotatable bonds is 4. The van der Waals surface area contributed by atoms with Crippen LogP contribution < -0.4 is 5.32 Å². The van der Waals surface area contributed by atoms with Crippen LogP contribution in [-0.4, -0.2) is 29.3 Å². The van der Waals surface area contributed by atoms with Crippen LogP contribution in [0, 0.1) is 6.92 Å². The van der Waals surface area contributed by atoms with Crippen molar-refractivity contribution >= 4 is 23.2 Å². The summed E-state index contributed by atoms with van der Waals surface area (Å²) >= 11 is 1.43. The van der Waals surface area contributed by atoms with E-state index < -0.39 is 0 Å². The summed E-state index contributed by atoms with van der Waals surface area (Å²) in [7, 11) is 0. The predicted molar refractivity (Wildman–Crippen MR) is 101 cm³/mol. The van der Waals surface area contributed by atoms with Crippen LogP contribution in [0.5, 0.6) is 0 Å². The zero-order valence-electron chi connectivity index (χ0n) is 14.7. The van der Waals surface area contributed by atoms with Crippen molar-refractivity contribution in [3.05, 3.63) is 57.8 Å². The molecule has 1 saturated heterocycles. The van der Waals surface area contributed by atoms with Crippen molar-refractivity contribution in [1.82, 2.24) is 10.2 Å². The Bertz CT molecular complexity index is 725. The lowest BCUT2D eigenvalue weighted by atomic mass is 10.00. The van der Waals surface area contributed by atoms with Crippen LogP contribution in [0.1, 0.15) is 53.0 Å². The molecule has 1 fully saturated rings. The van der Waals surface area contributed by atoms with E-state index in [2.05, 4.69) is 5.32 Å². The van der Waals surface area contributed by atoms with E-state index in [-0.39, 0.29) is 23.9 Å². The molecule has 0 bridgehead atoms. The fraction of sp³-hybridized carbons (Fsp3) is 0.400. The van der Waals surface area contributed by atoms with E-state index in [4.69, 9.17) is 0 Å². The Morgan fingerprint density at radius 1 is 1.20 bits per heavy atom. The number of hydrogen-bond acceptors (Lipinski definition) is 3. The fourth-order valence-electron chi connectivity index (χ4n) is 3.24. The standard InChI is InChI=1S/C20H24N2O2S/c1-14-8-10-16(11-9-14)15(2)21-19(23)17-6-3-4-12-22(17)20(24)18-7-5-13-25-18/h5,7-11,13,15,17H,3-4,6,12H2,1-2H3,(H,21,23). The molecule has 0 radical (unpaired) electrons. The molecule has 1 aromatic heterocycles. The van der Waals surface area contributed by atoms with Crippen LogP contribution in [0.2, 0.25) is 0 Å². The second-order valence-corrected chi connectivity index (χ2v) is 7.58. The number of likely N-dealkylation sites (tertiary alicyclic amines) is 1. The van der Waals surface area contributed by atoms with Crippen molar-refractivity contribution < 1.29 is 9.59 Å². The number of hydrogen-bond donors (Lipinski definition) is 1. The third-order valence-electron chi connectivity index (χ3n) is 4.73. The lowest BCUT2D eigenvalue weighted by molar-refractivity contribution is -0.127. The molecule has 2 aromatic rings. The summed E-state index contributed by atoms with van der Waals surface area (Å²) in [6, 6.07) is 11.4. The number of thiophene rings is 1. The largest absolute Gasteiger partial charge is 0.348 e. The number of piperidine rings is 1. The van der Waals surface area contributed by atoms with E-state index in [1.54, 1.807) is 4.90 Å². The highest BCUT2D eigenvalue weighted by Gasteiger charge is 2.33. The lowest BCUT2D eigenvalue weighted by Crippen LogP contribution is -2.52. The molecule has 4 nitrogen and oxygen atoms in total. The molecular formula is C20H24N2O2S. The summed E-state index contributed by atoms with van der Waals surface area (Å²) in [6.45, 7) is 4.67. The summed E-state index contributed by atoms with van der Waals surface area (Å²) in [5, 5.41) is 4.98. The van der Waals surface area contributed by atoms with E-state index in [0.717, 1.165) is 24.8 Å². The van der Waals surface area contributed by atoms with Gasteiger partial charge in [-0.3, -0.25) is 9.59 Å². The van der Waals surface area contributed by atoms with Crippen molar-refractivity contribution in [3.8, 4) is 0 Å². The van der Waals surface area contributed by atoms with Gasteiger partial charge in [-0.25, -0.2) is 0 Å². The maximum atomic E-state index is 12.8. The van der Waals surface area contributed by atoms with Crippen molar-refractivity contribution in [1.29, 1.82) is 0 Å². The van der Waals surface area contributed by atoms with Crippen LogP contribution in [0.15, 0.2) is 41.8 Å². The molecule has 1 N–H and O–H groups in total. The van der Waals surface area contributed by atoms with Gasteiger partial charge in [0, 0.05) is 6.54 Å².